The quantitative estimate of drug-likeness (QED) is 0.413. The number of amides is 1. The third-order valence-electron chi connectivity index (χ3n) is 5.22. The summed E-state index contributed by atoms with van der Waals surface area (Å²) in [4.78, 5) is 13.0. The molecule has 32 heavy (non-hydrogen) atoms. The van der Waals surface area contributed by atoms with Gasteiger partial charge in [-0.25, -0.2) is 0 Å². The maximum atomic E-state index is 13.0. The predicted octanol–water partition coefficient (Wildman–Crippen LogP) is 5.65. The molecule has 1 heterocycles. The summed E-state index contributed by atoms with van der Waals surface area (Å²) in [5.41, 5.74) is 3.80. The number of anilines is 1. The second-order valence-electron chi connectivity index (χ2n) is 7.30. The highest BCUT2D eigenvalue weighted by Gasteiger charge is 2.19. The molecule has 4 rings (SSSR count). The van der Waals surface area contributed by atoms with Crippen molar-refractivity contribution in [3.8, 4) is 17.6 Å². The number of nitriles is 1. The van der Waals surface area contributed by atoms with E-state index >= 15 is 0 Å². The van der Waals surface area contributed by atoms with Crippen molar-refractivity contribution in [2.75, 3.05) is 12.4 Å². The lowest BCUT2D eigenvalue weighted by molar-refractivity contribution is 0.0997. The fourth-order valence-corrected chi connectivity index (χ4v) is 3.45. The number of hydrogen-bond acceptors (Lipinski definition) is 5. The van der Waals surface area contributed by atoms with E-state index < -0.39 is 0 Å². The van der Waals surface area contributed by atoms with Crippen molar-refractivity contribution in [3.63, 3.8) is 0 Å². The summed E-state index contributed by atoms with van der Waals surface area (Å²) in [5.74, 6) is 1.33. The Kier molecular flexibility index (Phi) is 6.09. The standard InChI is InChI=1S/C26H22N2O4/c1-17-22-15-21(30-2)11-12-24(22)32-25(17)26(29)28-23-6-4-3-5-19(23)16-31-20-9-7-18(8-10-20)13-14-27/h3-12,15H,13,16H2,1-2H3,(H,28,29). The molecular formula is C26H22N2O4. The molecule has 0 spiro atoms. The van der Waals surface area contributed by atoms with Gasteiger partial charge in [0.05, 0.1) is 19.6 Å². The van der Waals surface area contributed by atoms with Gasteiger partial charge in [-0.2, -0.15) is 5.26 Å². The number of carbonyl (C=O) groups is 1. The molecule has 0 atom stereocenters. The number of rotatable bonds is 7. The number of nitrogens with one attached hydrogen (secondary N) is 1. The minimum absolute atomic E-state index is 0.261. The summed E-state index contributed by atoms with van der Waals surface area (Å²) in [7, 11) is 1.60. The zero-order chi connectivity index (χ0) is 22.5. The first-order valence-corrected chi connectivity index (χ1v) is 10.1. The van der Waals surface area contributed by atoms with Gasteiger partial charge in [0, 0.05) is 22.2 Å². The van der Waals surface area contributed by atoms with Gasteiger partial charge in [-0.1, -0.05) is 30.3 Å². The zero-order valence-electron chi connectivity index (χ0n) is 17.8. The van der Waals surface area contributed by atoms with E-state index in [0.717, 1.165) is 22.1 Å². The van der Waals surface area contributed by atoms with Gasteiger partial charge >= 0.3 is 0 Å². The molecule has 1 amide bonds. The molecule has 160 valence electrons. The van der Waals surface area contributed by atoms with Gasteiger partial charge < -0.3 is 19.2 Å². The van der Waals surface area contributed by atoms with E-state index in [1.165, 1.54) is 0 Å². The number of methoxy groups -OCH3 is 1. The van der Waals surface area contributed by atoms with Gasteiger partial charge in [-0.05, 0) is 48.9 Å². The average Bonchev–Trinajstić information content (AvgIpc) is 3.15. The van der Waals surface area contributed by atoms with E-state index in [9.17, 15) is 4.79 Å². The van der Waals surface area contributed by atoms with Crippen LogP contribution < -0.4 is 14.8 Å². The molecule has 0 unspecified atom stereocenters. The molecule has 0 saturated carbocycles. The molecule has 6 nitrogen and oxygen atoms in total. The highest BCUT2D eigenvalue weighted by molar-refractivity contribution is 6.06. The molecular weight excluding hydrogens is 404 g/mol. The smallest absolute Gasteiger partial charge is 0.291 e. The van der Waals surface area contributed by atoms with Gasteiger partial charge in [-0.15, -0.1) is 0 Å². The lowest BCUT2D eigenvalue weighted by Crippen LogP contribution is -2.14. The predicted molar refractivity (Wildman–Crippen MR) is 122 cm³/mol. The van der Waals surface area contributed by atoms with Crippen molar-refractivity contribution in [2.45, 2.75) is 20.0 Å². The molecule has 0 aliphatic rings. The van der Waals surface area contributed by atoms with Crippen LogP contribution in [-0.4, -0.2) is 13.0 Å². The van der Waals surface area contributed by atoms with Crippen LogP contribution in [0.4, 0.5) is 5.69 Å². The van der Waals surface area contributed by atoms with Crippen molar-refractivity contribution in [1.29, 1.82) is 5.26 Å². The van der Waals surface area contributed by atoms with E-state index in [0.29, 0.717) is 29.2 Å². The molecule has 0 bridgehead atoms. The first-order valence-electron chi connectivity index (χ1n) is 10.1. The molecule has 1 aromatic heterocycles. The number of fused-ring (bicyclic) bond motifs is 1. The number of nitrogens with zero attached hydrogens (tertiary/aromatic N) is 1. The van der Waals surface area contributed by atoms with Crippen LogP contribution in [-0.2, 0) is 13.0 Å². The summed E-state index contributed by atoms with van der Waals surface area (Å²) < 4.78 is 17.0. The van der Waals surface area contributed by atoms with E-state index in [1.54, 1.807) is 19.2 Å². The van der Waals surface area contributed by atoms with E-state index in [-0.39, 0.29) is 18.3 Å². The maximum absolute atomic E-state index is 13.0. The lowest BCUT2D eigenvalue weighted by Gasteiger charge is -2.12. The first kappa shape index (κ1) is 21.0. The van der Waals surface area contributed by atoms with Crippen LogP contribution in [0.2, 0.25) is 0 Å². The molecule has 1 N–H and O–H groups in total. The van der Waals surface area contributed by atoms with Crippen LogP contribution in [0.15, 0.2) is 71.1 Å². The van der Waals surface area contributed by atoms with Gasteiger partial charge in [0.2, 0.25) is 0 Å². The van der Waals surface area contributed by atoms with Crippen LogP contribution in [0.1, 0.15) is 27.2 Å². The second-order valence-corrected chi connectivity index (χ2v) is 7.30. The fourth-order valence-electron chi connectivity index (χ4n) is 3.45. The summed E-state index contributed by atoms with van der Waals surface area (Å²) in [6.07, 6.45) is 0.364. The summed E-state index contributed by atoms with van der Waals surface area (Å²) in [6, 6.07) is 22.4. The molecule has 0 radical (unpaired) electrons. The Morgan fingerprint density at radius 2 is 1.81 bits per heavy atom. The molecule has 0 fully saturated rings. The van der Waals surface area contributed by atoms with Crippen molar-refractivity contribution in [1.82, 2.24) is 0 Å². The summed E-state index contributed by atoms with van der Waals surface area (Å²) >= 11 is 0. The van der Waals surface area contributed by atoms with Crippen molar-refractivity contribution < 1.29 is 18.7 Å². The number of ether oxygens (including phenoxy) is 2. The van der Waals surface area contributed by atoms with Crippen LogP contribution in [0.3, 0.4) is 0 Å². The number of benzene rings is 3. The molecule has 3 aromatic carbocycles. The lowest BCUT2D eigenvalue weighted by atomic mass is 10.1. The molecule has 0 aliphatic carbocycles. The number of para-hydroxylation sites is 1. The third kappa shape index (κ3) is 4.42. The summed E-state index contributed by atoms with van der Waals surface area (Å²) in [5, 5.41) is 12.6. The number of furan rings is 1. The molecule has 0 saturated heterocycles. The van der Waals surface area contributed by atoms with Crippen LogP contribution >= 0.6 is 0 Å². The Balaban J connectivity index is 1.50. The zero-order valence-corrected chi connectivity index (χ0v) is 17.8. The fraction of sp³-hybridized carbons (Fsp3) is 0.154. The number of carbonyl (C=O) groups excluding carboxylic acids is 1. The monoisotopic (exact) mass is 426 g/mol. The van der Waals surface area contributed by atoms with Crippen LogP contribution in [0.5, 0.6) is 11.5 Å². The number of hydrogen-bond donors (Lipinski definition) is 1. The Hall–Kier alpha value is -4.24. The number of aryl methyl sites for hydroxylation is 1. The van der Waals surface area contributed by atoms with E-state index in [4.69, 9.17) is 19.2 Å². The minimum Gasteiger partial charge on any atom is -0.497 e. The van der Waals surface area contributed by atoms with Gasteiger partial charge in [0.1, 0.15) is 23.7 Å². The Bertz CT molecular complexity index is 1300. The Labute approximate surface area is 186 Å². The van der Waals surface area contributed by atoms with Crippen LogP contribution in [0.25, 0.3) is 11.0 Å². The Morgan fingerprint density at radius 3 is 2.56 bits per heavy atom. The highest BCUT2D eigenvalue weighted by atomic mass is 16.5. The SMILES string of the molecule is COc1ccc2oc(C(=O)Nc3ccccc3COc3ccc(CC#N)cc3)c(C)c2c1. The average molecular weight is 426 g/mol. The molecule has 6 heteroatoms. The van der Waals surface area contributed by atoms with Gasteiger partial charge in [-0.3, -0.25) is 4.79 Å². The summed E-state index contributed by atoms with van der Waals surface area (Å²) in [6.45, 7) is 2.13. The van der Waals surface area contributed by atoms with Gasteiger partial charge in [0.25, 0.3) is 5.91 Å². The minimum atomic E-state index is -0.328. The first-order chi connectivity index (χ1) is 15.6. The molecule has 0 aliphatic heterocycles. The highest BCUT2D eigenvalue weighted by Crippen LogP contribution is 2.29. The van der Waals surface area contributed by atoms with Crippen LogP contribution in [0, 0.1) is 18.3 Å². The maximum Gasteiger partial charge on any atom is 0.291 e. The third-order valence-corrected chi connectivity index (χ3v) is 5.22. The Morgan fingerprint density at radius 1 is 1.06 bits per heavy atom. The second kappa shape index (κ2) is 9.27. The largest absolute Gasteiger partial charge is 0.497 e. The van der Waals surface area contributed by atoms with Crippen molar-refractivity contribution >= 4 is 22.6 Å². The van der Waals surface area contributed by atoms with Crippen molar-refractivity contribution in [3.05, 3.63) is 89.2 Å². The van der Waals surface area contributed by atoms with E-state index in [1.807, 2.05) is 61.5 Å². The normalized spacial score (nSPS) is 10.5. The van der Waals surface area contributed by atoms with Gasteiger partial charge in [0.15, 0.2) is 5.76 Å². The topological polar surface area (TPSA) is 84.5 Å². The molecule has 4 aromatic rings. The van der Waals surface area contributed by atoms with E-state index in [2.05, 4.69) is 11.4 Å². The van der Waals surface area contributed by atoms with Crippen molar-refractivity contribution in [2.24, 2.45) is 0 Å².